The van der Waals surface area contributed by atoms with Gasteiger partial charge in [0.1, 0.15) is 0 Å². The van der Waals surface area contributed by atoms with Crippen LogP contribution < -0.4 is 5.73 Å². The van der Waals surface area contributed by atoms with Crippen LogP contribution in [-0.2, 0) is 4.79 Å². The first-order valence-corrected chi connectivity index (χ1v) is 5.74. The van der Waals surface area contributed by atoms with Crippen LogP contribution in [0.1, 0.15) is 48.8 Å². The minimum absolute atomic E-state index is 0.00583. The molecule has 2 rings (SSSR count). The summed E-state index contributed by atoms with van der Waals surface area (Å²) in [6, 6.07) is 7.68. The van der Waals surface area contributed by atoms with Gasteiger partial charge in [-0.05, 0) is 29.9 Å². The quantitative estimate of drug-likeness (QED) is 0.817. The Hall–Kier alpha value is -1.35. The van der Waals surface area contributed by atoms with E-state index < -0.39 is 12.0 Å². The summed E-state index contributed by atoms with van der Waals surface area (Å²) in [5.41, 5.74) is 8.09. The number of rotatable bonds is 4. The summed E-state index contributed by atoms with van der Waals surface area (Å²) in [4.78, 5) is 10.6. The van der Waals surface area contributed by atoms with E-state index in [1.54, 1.807) is 0 Å². The van der Waals surface area contributed by atoms with E-state index in [4.69, 9.17) is 10.8 Å². The van der Waals surface area contributed by atoms with Crippen LogP contribution in [-0.4, -0.2) is 11.1 Å². The van der Waals surface area contributed by atoms with Gasteiger partial charge in [-0.25, -0.2) is 0 Å². The molecule has 3 nitrogen and oxygen atoms in total. The highest BCUT2D eigenvalue weighted by Gasteiger charge is 2.20. The van der Waals surface area contributed by atoms with Gasteiger partial charge in [-0.2, -0.15) is 0 Å². The largest absolute Gasteiger partial charge is 0.481 e. The second-order valence-electron chi connectivity index (χ2n) is 4.50. The number of hydrogen-bond donors (Lipinski definition) is 2. The predicted octanol–water partition coefficient (Wildman–Crippen LogP) is 2.43. The van der Waals surface area contributed by atoms with E-state index in [9.17, 15) is 4.79 Å². The second kappa shape index (κ2) is 4.66. The summed E-state index contributed by atoms with van der Waals surface area (Å²) in [6.45, 7) is 0. The van der Waals surface area contributed by atoms with E-state index >= 15 is 0 Å². The molecule has 1 aromatic carbocycles. The Morgan fingerprint density at radius 3 is 2.81 bits per heavy atom. The fraction of sp³-hybridized carbons (Fsp3) is 0.462. The van der Waals surface area contributed by atoms with Crippen molar-refractivity contribution in [2.24, 2.45) is 5.73 Å². The van der Waals surface area contributed by atoms with Gasteiger partial charge < -0.3 is 10.8 Å². The van der Waals surface area contributed by atoms with Crippen LogP contribution in [0.25, 0.3) is 0 Å². The van der Waals surface area contributed by atoms with Gasteiger partial charge in [0, 0.05) is 6.04 Å². The normalized spacial score (nSPS) is 17.8. The lowest BCUT2D eigenvalue weighted by Crippen LogP contribution is -2.16. The maximum atomic E-state index is 10.6. The van der Waals surface area contributed by atoms with E-state index in [-0.39, 0.29) is 6.42 Å². The number of carboxylic acid groups (broad SMARTS) is 1. The van der Waals surface area contributed by atoms with Crippen molar-refractivity contribution in [1.82, 2.24) is 0 Å². The maximum absolute atomic E-state index is 10.6. The van der Waals surface area contributed by atoms with E-state index in [1.807, 2.05) is 12.1 Å². The molecule has 1 aliphatic rings. The third kappa shape index (κ3) is 2.42. The van der Waals surface area contributed by atoms with Crippen molar-refractivity contribution in [3.63, 3.8) is 0 Å². The summed E-state index contributed by atoms with van der Waals surface area (Å²) in [6.07, 6.45) is 3.79. The summed E-state index contributed by atoms with van der Waals surface area (Å²) < 4.78 is 0. The van der Waals surface area contributed by atoms with Crippen molar-refractivity contribution in [3.8, 4) is 0 Å². The van der Waals surface area contributed by atoms with Crippen molar-refractivity contribution in [1.29, 1.82) is 0 Å². The van der Waals surface area contributed by atoms with Crippen LogP contribution in [0, 0.1) is 0 Å². The SMILES string of the molecule is NC(CC(=O)O)c1cccc(C2CCC2)c1. The molecule has 1 fully saturated rings. The standard InChI is InChI=1S/C13H17NO2/c14-12(8-13(15)16)11-6-2-5-10(7-11)9-3-1-4-9/h2,5-7,9,12H,1,3-4,8,14H2,(H,15,16). The Kier molecular flexibility index (Phi) is 3.25. The van der Waals surface area contributed by atoms with Crippen molar-refractivity contribution in [3.05, 3.63) is 35.4 Å². The van der Waals surface area contributed by atoms with Gasteiger partial charge in [0.2, 0.25) is 0 Å². The molecule has 1 aliphatic carbocycles. The van der Waals surface area contributed by atoms with Gasteiger partial charge in [-0.1, -0.05) is 30.7 Å². The minimum atomic E-state index is -0.846. The van der Waals surface area contributed by atoms with Crippen LogP contribution in [0.2, 0.25) is 0 Å². The molecule has 3 N–H and O–H groups in total. The molecule has 16 heavy (non-hydrogen) atoms. The number of hydrogen-bond acceptors (Lipinski definition) is 2. The van der Waals surface area contributed by atoms with Crippen LogP contribution >= 0.6 is 0 Å². The molecule has 0 saturated heterocycles. The highest BCUT2D eigenvalue weighted by atomic mass is 16.4. The van der Waals surface area contributed by atoms with Crippen molar-refractivity contribution >= 4 is 5.97 Å². The topological polar surface area (TPSA) is 63.3 Å². The Balaban J connectivity index is 2.11. The molecule has 0 bridgehead atoms. The third-order valence-corrected chi connectivity index (χ3v) is 3.31. The lowest BCUT2D eigenvalue weighted by Gasteiger charge is -2.26. The first-order valence-electron chi connectivity index (χ1n) is 5.74. The monoisotopic (exact) mass is 219 g/mol. The number of carboxylic acids is 1. The fourth-order valence-electron chi connectivity index (χ4n) is 2.09. The molecule has 3 heteroatoms. The van der Waals surface area contributed by atoms with Gasteiger partial charge >= 0.3 is 5.97 Å². The molecule has 1 atom stereocenters. The zero-order valence-electron chi connectivity index (χ0n) is 9.23. The van der Waals surface area contributed by atoms with E-state index in [2.05, 4.69) is 12.1 Å². The molecule has 0 aromatic heterocycles. The van der Waals surface area contributed by atoms with Crippen LogP contribution in [0.5, 0.6) is 0 Å². The molecule has 1 unspecified atom stereocenters. The number of aliphatic carboxylic acids is 1. The average Bonchev–Trinajstić information content (AvgIpc) is 2.14. The third-order valence-electron chi connectivity index (χ3n) is 3.31. The van der Waals surface area contributed by atoms with Crippen LogP contribution in [0.3, 0.4) is 0 Å². The van der Waals surface area contributed by atoms with Gasteiger partial charge in [0.25, 0.3) is 0 Å². The Labute approximate surface area is 95.3 Å². The Bertz CT molecular complexity index is 385. The summed E-state index contributed by atoms with van der Waals surface area (Å²) >= 11 is 0. The predicted molar refractivity (Wildman–Crippen MR) is 62.2 cm³/mol. The smallest absolute Gasteiger partial charge is 0.305 e. The molecule has 0 spiro atoms. The van der Waals surface area contributed by atoms with E-state index in [1.165, 1.54) is 24.8 Å². The zero-order chi connectivity index (χ0) is 11.5. The van der Waals surface area contributed by atoms with Crippen LogP contribution in [0.15, 0.2) is 24.3 Å². The first kappa shape index (κ1) is 11.1. The fourth-order valence-corrected chi connectivity index (χ4v) is 2.09. The van der Waals surface area contributed by atoms with Gasteiger partial charge in [0.05, 0.1) is 6.42 Å². The molecule has 0 amide bonds. The van der Waals surface area contributed by atoms with Crippen molar-refractivity contribution in [2.75, 3.05) is 0 Å². The summed E-state index contributed by atoms with van der Waals surface area (Å²) in [5, 5.41) is 8.70. The number of benzene rings is 1. The van der Waals surface area contributed by atoms with E-state index in [0.717, 1.165) is 5.56 Å². The first-order chi connectivity index (χ1) is 7.66. The average molecular weight is 219 g/mol. The van der Waals surface area contributed by atoms with Gasteiger partial charge in [-0.15, -0.1) is 0 Å². The lowest BCUT2D eigenvalue weighted by molar-refractivity contribution is -0.137. The molecular weight excluding hydrogens is 202 g/mol. The Morgan fingerprint density at radius 1 is 1.50 bits per heavy atom. The van der Waals surface area contributed by atoms with E-state index in [0.29, 0.717) is 5.92 Å². The highest BCUT2D eigenvalue weighted by Crippen LogP contribution is 2.36. The Morgan fingerprint density at radius 2 is 2.25 bits per heavy atom. The number of carbonyl (C=O) groups is 1. The van der Waals surface area contributed by atoms with Crippen molar-refractivity contribution < 1.29 is 9.90 Å². The van der Waals surface area contributed by atoms with Gasteiger partial charge in [-0.3, -0.25) is 4.79 Å². The molecule has 86 valence electrons. The molecule has 1 saturated carbocycles. The summed E-state index contributed by atoms with van der Waals surface area (Å²) in [7, 11) is 0. The second-order valence-corrected chi connectivity index (χ2v) is 4.50. The maximum Gasteiger partial charge on any atom is 0.305 e. The molecular formula is C13H17NO2. The van der Waals surface area contributed by atoms with Gasteiger partial charge in [0.15, 0.2) is 0 Å². The highest BCUT2D eigenvalue weighted by molar-refractivity contribution is 5.67. The minimum Gasteiger partial charge on any atom is -0.481 e. The molecule has 0 aliphatic heterocycles. The van der Waals surface area contributed by atoms with Crippen LogP contribution in [0.4, 0.5) is 0 Å². The zero-order valence-corrected chi connectivity index (χ0v) is 9.23. The lowest BCUT2D eigenvalue weighted by atomic mass is 9.79. The number of nitrogens with two attached hydrogens (primary N) is 1. The molecule has 0 heterocycles. The molecule has 0 radical (unpaired) electrons. The van der Waals surface area contributed by atoms with Crippen molar-refractivity contribution in [2.45, 2.75) is 37.6 Å². The summed E-state index contributed by atoms with van der Waals surface area (Å²) in [5.74, 6) is -0.182. The molecule has 1 aromatic rings.